The van der Waals surface area contributed by atoms with Gasteiger partial charge in [0, 0.05) is 13.6 Å². The first kappa shape index (κ1) is 14.9. The molecule has 0 atom stereocenters. The summed E-state index contributed by atoms with van der Waals surface area (Å²) in [7, 11) is 1.70. The fourth-order valence-electron chi connectivity index (χ4n) is 1.68. The zero-order valence-corrected chi connectivity index (χ0v) is 11.2. The van der Waals surface area contributed by atoms with E-state index in [0.717, 1.165) is 12.8 Å². The molecule has 0 aromatic carbocycles. The summed E-state index contributed by atoms with van der Waals surface area (Å²) < 4.78 is 0. The van der Waals surface area contributed by atoms with Gasteiger partial charge in [0.25, 0.3) is 5.91 Å². The van der Waals surface area contributed by atoms with Gasteiger partial charge in [0.05, 0.1) is 11.3 Å². The zero-order chi connectivity index (χ0) is 14.4. The second-order valence-corrected chi connectivity index (χ2v) is 4.29. The van der Waals surface area contributed by atoms with Crippen LogP contribution >= 0.6 is 0 Å². The Labute approximate surface area is 112 Å². The van der Waals surface area contributed by atoms with E-state index < -0.39 is 5.97 Å². The third-order valence-electron chi connectivity index (χ3n) is 2.78. The third kappa shape index (κ3) is 3.91. The van der Waals surface area contributed by atoms with Gasteiger partial charge < -0.3 is 10.0 Å². The normalized spacial score (nSPS) is 10.0. The molecule has 0 fully saturated rings. The van der Waals surface area contributed by atoms with E-state index in [4.69, 9.17) is 5.11 Å². The van der Waals surface area contributed by atoms with Crippen molar-refractivity contribution in [3.63, 3.8) is 0 Å². The molecule has 1 aromatic rings. The van der Waals surface area contributed by atoms with Gasteiger partial charge in [-0.05, 0) is 31.9 Å². The molecule has 1 amide bonds. The summed E-state index contributed by atoms with van der Waals surface area (Å²) >= 11 is 0. The van der Waals surface area contributed by atoms with Crippen LogP contribution in [0.15, 0.2) is 24.8 Å². The molecule has 0 saturated heterocycles. The number of carboxylic acids is 1. The first-order chi connectivity index (χ1) is 8.97. The second-order valence-electron chi connectivity index (χ2n) is 4.29. The minimum Gasteiger partial charge on any atom is -0.478 e. The van der Waals surface area contributed by atoms with Crippen LogP contribution in [0.4, 0.5) is 0 Å². The van der Waals surface area contributed by atoms with E-state index in [1.807, 2.05) is 6.08 Å². The molecule has 0 aliphatic rings. The number of hydrogen-bond donors (Lipinski definition) is 1. The number of allylic oxidation sites excluding steroid dienone is 1. The van der Waals surface area contributed by atoms with Gasteiger partial charge in [-0.1, -0.05) is 6.08 Å². The highest BCUT2D eigenvalue weighted by atomic mass is 16.4. The Bertz CT molecular complexity index is 497. The van der Waals surface area contributed by atoms with E-state index >= 15 is 0 Å². The molecule has 19 heavy (non-hydrogen) atoms. The number of nitrogens with zero attached hydrogens (tertiary/aromatic N) is 2. The van der Waals surface area contributed by atoms with Crippen LogP contribution in [0.1, 0.15) is 39.4 Å². The molecular weight excluding hydrogens is 244 g/mol. The predicted octanol–water partition coefficient (Wildman–Crippen LogP) is 2.13. The minimum absolute atomic E-state index is 0.117. The smallest absolute Gasteiger partial charge is 0.337 e. The summed E-state index contributed by atoms with van der Waals surface area (Å²) in [5.74, 6) is -1.24. The van der Waals surface area contributed by atoms with E-state index in [9.17, 15) is 9.59 Å². The fraction of sp³-hybridized carbons (Fsp3) is 0.357. The topological polar surface area (TPSA) is 70.5 Å². The van der Waals surface area contributed by atoms with Gasteiger partial charge in [0.15, 0.2) is 0 Å². The average Bonchev–Trinajstić information content (AvgIpc) is 2.37. The highest BCUT2D eigenvalue weighted by molar-refractivity contribution is 5.94. The van der Waals surface area contributed by atoms with Gasteiger partial charge in [-0.2, -0.15) is 0 Å². The van der Waals surface area contributed by atoms with Crippen molar-refractivity contribution in [2.45, 2.75) is 19.8 Å². The van der Waals surface area contributed by atoms with E-state index in [1.165, 1.54) is 12.1 Å². The molecule has 0 bridgehead atoms. The Kier molecular flexibility index (Phi) is 5.23. The maximum absolute atomic E-state index is 12.1. The lowest BCUT2D eigenvalue weighted by molar-refractivity contribution is 0.0693. The summed E-state index contributed by atoms with van der Waals surface area (Å²) in [5, 5.41) is 8.90. The molecule has 0 radical (unpaired) electrons. The van der Waals surface area contributed by atoms with Crippen LogP contribution in [0.2, 0.25) is 0 Å². The molecule has 0 unspecified atom stereocenters. The number of carboxylic acid groups (broad SMARTS) is 1. The lowest BCUT2D eigenvalue weighted by Gasteiger charge is -2.16. The first-order valence-electron chi connectivity index (χ1n) is 6.04. The van der Waals surface area contributed by atoms with Gasteiger partial charge in [-0.3, -0.25) is 4.79 Å². The number of hydrogen-bond acceptors (Lipinski definition) is 3. The summed E-state index contributed by atoms with van der Waals surface area (Å²) in [6.45, 7) is 5.83. The molecular formula is C14H18N2O3. The van der Waals surface area contributed by atoms with Crippen LogP contribution in [-0.4, -0.2) is 40.5 Å². The first-order valence-corrected chi connectivity index (χ1v) is 6.04. The van der Waals surface area contributed by atoms with Crippen LogP contribution in [-0.2, 0) is 0 Å². The van der Waals surface area contributed by atoms with E-state index in [1.54, 1.807) is 18.9 Å². The Hall–Kier alpha value is -2.17. The molecule has 5 nitrogen and oxygen atoms in total. The molecule has 5 heteroatoms. The van der Waals surface area contributed by atoms with Gasteiger partial charge in [0.1, 0.15) is 5.69 Å². The van der Waals surface area contributed by atoms with Crippen LogP contribution in [0.3, 0.4) is 0 Å². The SMILES string of the molecule is C=CCCCN(C)C(=O)c1ccc(C(=O)O)c(C)n1. The number of amides is 1. The number of aromatic nitrogens is 1. The molecule has 1 N–H and O–H groups in total. The molecule has 0 aliphatic heterocycles. The molecule has 0 spiro atoms. The molecule has 1 rings (SSSR count). The molecule has 1 heterocycles. The van der Waals surface area contributed by atoms with Crippen molar-refractivity contribution in [3.8, 4) is 0 Å². The minimum atomic E-state index is -1.04. The zero-order valence-electron chi connectivity index (χ0n) is 11.2. The monoisotopic (exact) mass is 262 g/mol. The fourth-order valence-corrected chi connectivity index (χ4v) is 1.68. The largest absolute Gasteiger partial charge is 0.478 e. The van der Waals surface area contributed by atoms with Crippen LogP contribution in [0.25, 0.3) is 0 Å². The van der Waals surface area contributed by atoms with Gasteiger partial charge in [-0.25, -0.2) is 9.78 Å². The highest BCUT2D eigenvalue weighted by Crippen LogP contribution is 2.09. The van der Waals surface area contributed by atoms with E-state index in [0.29, 0.717) is 12.2 Å². The molecule has 0 aliphatic carbocycles. The number of rotatable bonds is 6. The second kappa shape index (κ2) is 6.68. The Balaban J connectivity index is 2.80. The quantitative estimate of drug-likeness (QED) is 0.629. The van der Waals surface area contributed by atoms with Crippen LogP contribution < -0.4 is 0 Å². The van der Waals surface area contributed by atoms with Crippen molar-refractivity contribution < 1.29 is 14.7 Å². The number of aromatic carboxylic acids is 1. The molecule has 102 valence electrons. The molecule has 1 aromatic heterocycles. The summed E-state index contributed by atoms with van der Waals surface area (Å²) in [5.41, 5.74) is 0.729. The summed E-state index contributed by atoms with van der Waals surface area (Å²) in [4.78, 5) is 28.6. The maximum atomic E-state index is 12.1. The molecule has 0 saturated carbocycles. The lowest BCUT2D eigenvalue weighted by Crippen LogP contribution is -2.28. The Morgan fingerprint density at radius 2 is 2.16 bits per heavy atom. The standard InChI is InChI=1S/C14H18N2O3/c1-4-5-6-9-16(3)13(17)12-8-7-11(14(18)19)10(2)15-12/h4,7-8H,1,5-6,9H2,2-3H3,(H,18,19). The van der Waals surface area contributed by atoms with Crippen LogP contribution in [0.5, 0.6) is 0 Å². The predicted molar refractivity (Wildman–Crippen MR) is 72.3 cm³/mol. The highest BCUT2D eigenvalue weighted by Gasteiger charge is 2.15. The van der Waals surface area contributed by atoms with Crippen LogP contribution in [0, 0.1) is 6.92 Å². The third-order valence-corrected chi connectivity index (χ3v) is 2.78. The van der Waals surface area contributed by atoms with Gasteiger partial charge >= 0.3 is 5.97 Å². The van der Waals surface area contributed by atoms with Gasteiger partial charge in [-0.15, -0.1) is 6.58 Å². The number of aryl methyl sites for hydroxylation is 1. The van der Waals surface area contributed by atoms with Crippen molar-refractivity contribution in [1.29, 1.82) is 0 Å². The van der Waals surface area contributed by atoms with Crippen molar-refractivity contribution in [2.75, 3.05) is 13.6 Å². The number of carbonyl (C=O) groups excluding carboxylic acids is 1. The number of pyridine rings is 1. The maximum Gasteiger partial charge on any atom is 0.337 e. The lowest BCUT2D eigenvalue weighted by atomic mass is 10.2. The van der Waals surface area contributed by atoms with Crippen molar-refractivity contribution in [3.05, 3.63) is 41.7 Å². The van der Waals surface area contributed by atoms with E-state index in [2.05, 4.69) is 11.6 Å². The average molecular weight is 262 g/mol. The van der Waals surface area contributed by atoms with Crippen molar-refractivity contribution in [2.24, 2.45) is 0 Å². The Morgan fingerprint density at radius 1 is 1.47 bits per heavy atom. The number of unbranched alkanes of at least 4 members (excludes halogenated alkanes) is 1. The van der Waals surface area contributed by atoms with Crippen molar-refractivity contribution in [1.82, 2.24) is 9.88 Å². The van der Waals surface area contributed by atoms with E-state index in [-0.39, 0.29) is 17.2 Å². The summed E-state index contributed by atoms with van der Waals surface area (Å²) in [6.07, 6.45) is 3.50. The Morgan fingerprint density at radius 3 is 2.68 bits per heavy atom. The van der Waals surface area contributed by atoms with Crippen molar-refractivity contribution >= 4 is 11.9 Å². The van der Waals surface area contributed by atoms with Gasteiger partial charge in [0.2, 0.25) is 0 Å². The summed E-state index contributed by atoms with van der Waals surface area (Å²) in [6, 6.07) is 2.86. The number of carbonyl (C=O) groups is 2.